The predicted molar refractivity (Wildman–Crippen MR) is 82.7 cm³/mol. The Morgan fingerprint density at radius 1 is 1.36 bits per heavy atom. The van der Waals surface area contributed by atoms with Crippen LogP contribution < -0.4 is 15.4 Å². The summed E-state index contributed by atoms with van der Waals surface area (Å²) in [6.07, 6.45) is 0.136. The lowest BCUT2D eigenvalue weighted by Gasteiger charge is -2.34. The Kier molecular flexibility index (Phi) is 3.52. The maximum atomic E-state index is 12.7. The Hall–Kier alpha value is -2.50. The van der Waals surface area contributed by atoms with Crippen molar-refractivity contribution in [3.63, 3.8) is 0 Å². The van der Waals surface area contributed by atoms with E-state index in [1.807, 2.05) is 20.8 Å². The molecule has 0 spiro atoms. The van der Waals surface area contributed by atoms with E-state index in [4.69, 9.17) is 15.0 Å². The first-order chi connectivity index (χ1) is 10.5. The number of nitrogens with two attached hydrogens (primary N) is 1. The van der Waals surface area contributed by atoms with Gasteiger partial charge in [-0.1, -0.05) is 12.1 Å². The van der Waals surface area contributed by atoms with Gasteiger partial charge in [0.15, 0.2) is 6.10 Å². The molecule has 6 nitrogen and oxygen atoms in total. The van der Waals surface area contributed by atoms with E-state index in [9.17, 15) is 4.79 Å². The molecule has 0 fully saturated rings. The lowest BCUT2D eigenvalue weighted by molar-refractivity contribution is -0.126. The monoisotopic (exact) mass is 301 g/mol. The van der Waals surface area contributed by atoms with Gasteiger partial charge in [0.1, 0.15) is 11.5 Å². The molecule has 0 aliphatic carbocycles. The first-order valence-electron chi connectivity index (χ1n) is 7.30. The molecule has 1 aliphatic rings. The first kappa shape index (κ1) is 14.4. The summed E-state index contributed by atoms with van der Waals surface area (Å²) in [5.74, 6) is 1.32. The lowest BCUT2D eigenvalue weighted by atomic mass is 10.1. The normalized spacial score (nSPS) is 17.3. The average Bonchev–Trinajstić information content (AvgIpc) is 2.81. The van der Waals surface area contributed by atoms with Crippen molar-refractivity contribution in [2.24, 2.45) is 0 Å². The Balaban J connectivity index is 2.04. The van der Waals surface area contributed by atoms with E-state index in [-0.39, 0.29) is 5.91 Å². The SMILES string of the molecule is CCC1Oc2ccc(N)cc2N(Cc2c(C)noc2C)C1=O. The molecule has 1 atom stereocenters. The number of amides is 1. The second-order valence-corrected chi connectivity index (χ2v) is 5.47. The maximum Gasteiger partial charge on any atom is 0.268 e. The van der Waals surface area contributed by atoms with E-state index in [2.05, 4.69) is 5.16 Å². The molecule has 2 N–H and O–H groups in total. The Bertz CT molecular complexity index is 704. The molecule has 1 aromatic heterocycles. The summed E-state index contributed by atoms with van der Waals surface area (Å²) < 4.78 is 11.0. The van der Waals surface area contributed by atoms with E-state index in [1.165, 1.54) is 0 Å². The number of carbonyl (C=O) groups is 1. The van der Waals surface area contributed by atoms with E-state index in [0.717, 1.165) is 17.0 Å². The van der Waals surface area contributed by atoms with Crippen molar-refractivity contribution in [2.75, 3.05) is 10.6 Å². The molecular formula is C16H19N3O3. The molecule has 2 aromatic rings. The predicted octanol–water partition coefficient (Wildman–Crippen LogP) is 2.58. The number of fused-ring (bicyclic) bond motifs is 1. The quantitative estimate of drug-likeness (QED) is 0.881. The minimum absolute atomic E-state index is 0.0689. The lowest BCUT2D eigenvalue weighted by Crippen LogP contribution is -2.45. The topological polar surface area (TPSA) is 81.6 Å². The van der Waals surface area contributed by atoms with E-state index in [1.54, 1.807) is 23.1 Å². The molecule has 2 heterocycles. The van der Waals surface area contributed by atoms with Crippen LogP contribution in [0.4, 0.5) is 11.4 Å². The van der Waals surface area contributed by atoms with Crippen molar-refractivity contribution in [3.8, 4) is 5.75 Å². The highest BCUT2D eigenvalue weighted by molar-refractivity contribution is 6.00. The van der Waals surface area contributed by atoms with Gasteiger partial charge in [0.2, 0.25) is 0 Å². The van der Waals surface area contributed by atoms with Crippen LogP contribution in [0, 0.1) is 13.8 Å². The third kappa shape index (κ3) is 2.30. The van der Waals surface area contributed by atoms with Crippen molar-refractivity contribution in [3.05, 3.63) is 35.2 Å². The number of nitrogen functional groups attached to an aromatic ring is 1. The molecule has 1 aromatic carbocycles. The van der Waals surface area contributed by atoms with Crippen LogP contribution in [-0.2, 0) is 11.3 Å². The van der Waals surface area contributed by atoms with Gasteiger partial charge in [0, 0.05) is 11.3 Å². The van der Waals surface area contributed by atoms with Gasteiger partial charge in [-0.2, -0.15) is 0 Å². The third-order valence-corrected chi connectivity index (χ3v) is 3.95. The van der Waals surface area contributed by atoms with Crippen LogP contribution in [-0.4, -0.2) is 17.2 Å². The number of anilines is 2. The van der Waals surface area contributed by atoms with Gasteiger partial charge in [-0.3, -0.25) is 4.79 Å². The summed E-state index contributed by atoms with van der Waals surface area (Å²) in [6.45, 7) is 6.04. The van der Waals surface area contributed by atoms with Crippen LogP contribution in [0.5, 0.6) is 5.75 Å². The van der Waals surface area contributed by atoms with E-state index in [0.29, 0.717) is 30.1 Å². The number of hydrogen-bond donors (Lipinski definition) is 1. The van der Waals surface area contributed by atoms with Crippen molar-refractivity contribution in [2.45, 2.75) is 39.8 Å². The number of ether oxygens (including phenoxy) is 1. The number of aromatic nitrogens is 1. The zero-order valence-corrected chi connectivity index (χ0v) is 12.9. The van der Waals surface area contributed by atoms with Crippen LogP contribution in [0.1, 0.15) is 30.4 Å². The highest BCUT2D eigenvalue weighted by atomic mass is 16.5. The Labute approximate surface area is 128 Å². The van der Waals surface area contributed by atoms with Crippen LogP contribution in [0.25, 0.3) is 0 Å². The second-order valence-electron chi connectivity index (χ2n) is 5.47. The number of rotatable bonds is 3. The highest BCUT2D eigenvalue weighted by Gasteiger charge is 2.34. The largest absolute Gasteiger partial charge is 0.478 e. The summed E-state index contributed by atoms with van der Waals surface area (Å²) in [5, 5.41) is 3.95. The number of hydrogen-bond acceptors (Lipinski definition) is 5. The van der Waals surface area contributed by atoms with Gasteiger partial charge in [0.05, 0.1) is 17.9 Å². The smallest absolute Gasteiger partial charge is 0.268 e. The molecule has 0 saturated carbocycles. The third-order valence-electron chi connectivity index (χ3n) is 3.95. The molecule has 3 rings (SSSR count). The molecule has 6 heteroatoms. The summed E-state index contributed by atoms with van der Waals surface area (Å²) in [6, 6.07) is 5.34. The number of carbonyl (C=O) groups excluding carboxylic acids is 1. The molecular weight excluding hydrogens is 282 g/mol. The molecule has 1 amide bonds. The minimum atomic E-state index is -0.475. The molecule has 0 saturated heterocycles. The highest BCUT2D eigenvalue weighted by Crippen LogP contribution is 2.37. The standard InChI is InChI=1S/C16H19N3O3/c1-4-14-16(20)19(8-12-9(2)18-22-10(12)3)13-7-11(17)5-6-15(13)21-14/h5-7,14H,4,8,17H2,1-3H3. The second kappa shape index (κ2) is 5.36. The Morgan fingerprint density at radius 3 is 2.77 bits per heavy atom. The van der Waals surface area contributed by atoms with Gasteiger partial charge in [-0.15, -0.1) is 0 Å². The molecule has 1 unspecified atom stereocenters. The van der Waals surface area contributed by atoms with Gasteiger partial charge < -0.3 is 19.9 Å². The number of aryl methyl sites for hydroxylation is 2. The Morgan fingerprint density at radius 2 is 2.14 bits per heavy atom. The first-order valence-corrected chi connectivity index (χ1v) is 7.30. The van der Waals surface area contributed by atoms with E-state index < -0.39 is 6.10 Å². The van der Waals surface area contributed by atoms with Crippen LogP contribution in [0.2, 0.25) is 0 Å². The van der Waals surface area contributed by atoms with Crippen molar-refractivity contribution >= 4 is 17.3 Å². The summed E-state index contributed by atoms with van der Waals surface area (Å²) in [5.41, 5.74) is 8.85. The van der Waals surface area contributed by atoms with Gasteiger partial charge in [-0.25, -0.2) is 0 Å². The van der Waals surface area contributed by atoms with Crippen molar-refractivity contribution in [1.29, 1.82) is 0 Å². The fourth-order valence-corrected chi connectivity index (χ4v) is 2.65. The fourth-order valence-electron chi connectivity index (χ4n) is 2.65. The molecule has 0 radical (unpaired) electrons. The molecule has 0 bridgehead atoms. The molecule has 1 aliphatic heterocycles. The van der Waals surface area contributed by atoms with Gasteiger partial charge >= 0.3 is 0 Å². The van der Waals surface area contributed by atoms with Crippen LogP contribution in [0.3, 0.4) is 0 Å². The van der Waals surface area contributed by atoms with Crippen LogP contribution >= 0.6 is 0 Å². The zero-order valence-electron chi connectivity index (χ0n) is 12.9. The average molecular weight is 301 g/mol. The molecule has 22 heavy (non-hydrogen) atoms. The summed E-state index contributed by atoms with van der Waals surface area (Å²) in [4.78, 5) is 14.4. The summed E-state index contributed by atoms with van der Waals surface area (Å²) >= 11 is 0. The fraction of sp³-hybridized carbons (Fsp3) is 0.375. The van der Waals surface area contributed by atoms with E-state index >= 15 is 0 Å². The maximum absolute atomic E-state index is 12.7. The molecule has 116 valence electrons. The minimum Gasteiger partial charge on any atom is -0.478 e. The zero-order chi connectivity index (χ0) is 15.9. The van der Waals surface area contributed by atoms with Crippen molar-refractivity contribution in [1.82, 2.24) is 5.16 Å². The van der Waals surface area contributed by atoms with Crippen LogP contribution in [0.15, 0.2) is 22.7 Å². The number of benzene rings is 1. The van der Waals surface area contributed by atoms with Gasteiger partial charge in [-0.05, 0) is 38.5 Å². The number of nitrogens with zero attached hydrogens (tertiary/aromatic N) is 2. The summed E-state index contributed by atoms with van der Waals surface area (Å²) in [7, 11) is 0. The van der Waals surface area contributed by atoms with Gasteiger partial charge in [0.25, 0.3) is 5.91 Å². The van der Waals surface area contributed by atoms with Crippen molar-refractivity contribution < 1.29 is 14.1 Å².